The molecule has 2 saturated heterocycles. The van der Waals surface area contributed by atoms with Crippen molar-refractivity contribution < 1.29 is 9.59 Å². The van der Waals surface area contributed by atoms with Gasteiger partial charge in [0, 0.05) is 13.1 Å². The highest BCUT2D eigenvalue weighted by atomic mass is 16.2. The largest absolute Gasteiger partial charge is 0.340 e. The molecule has 2 aliphatic heterocycles. The highest BCUT2D eigenvalue weighted by Gasteiger charge is 2.45. The van der Waals surface area contributed by atoms with Crippen LogP contribution in [-0.2, 0) is 9.59 Å². The van der Waals surface area contributed by atoms with Crippen molar-refractivity contribution in [2.75, 3.05) is 26.2 Å². The molecule has 2 rings (SSSR count). The van der Waals surface area contributed by atoms with E-state index in [1.165, 1.54) is 0 Å². The van der Waals surface area contributed by atoms with E-state index in [-0.39, 0.29) is 17.9 Å². The zero-order valence-corrected chi connectivity index (χ0v) is 13.1. The van der Waals surface area contributed by atoms with E-state index in [9.17, 15) is 9.59 Å². The van der Waals surface area contributed by atoms with Crippen LogP contribution in [-0.4, -0.2) is 59.4 Å². The van der Waals surface area contributed by atoms with E-state index in [0.717, 1.165) is 26.1 Å². The molecule has 5 nitrogen and oxygen atoms in total. The number of nitrogens with one attached hydrogen (secondary N) is 1. The van der Waals surface area contributed by atoms with E-state index in [0.29, 0.717) is 18.9 Å². The Morgan fingerprint density at radius 2 is 2.00 bits per heavy atom. The van der Waals surface area contributed by atoms with E-state index in [4.69, 9.17) is 0 Å². The first-order valence-electron chi connectivity index (χ1n) is 7.74. The van der Waals surface area contributed by atoms with Crippen molar-refractivity contribution in [3.63, 3.8) is 0 Å². The lowest BCUT2D eigenvalue weighted by atomic mass is 9.94. The van der Waals surface area contributed by atoms with E-state index in [1.54, 1.807) is 13.8 Å². The molecular weight excluding hydrogens is 254 g/mol. The number of nitrogens with zero attached hydrogens (tertiary/aromatic N) is 2. The Balaban J connectivity index is 2.09. The standard InChI is InChI=1S/C15H27N3O2/c1-5-12-13(19)16-15(3,4)14(20)18(12)10-11-7-8-17(6-2)9-11/h11-12H,5-10H2,1-4H3,(H,16,19). The first-order valence-corrected chi connectivity index (χ1v) is 7.74. The topological polar surface area (TPSA) is 52.7 Å². The van der Waals surface area contributed by atoms with Gasteiger partial charge in [-0.3, -0.25) is 9.59 Å². The third-order valence-electron chi connectivity index (χ3n) is 4.57. The molecule has 2 fully saturated rings. The van der Waals surface area contributed by atoms with Gasteiger partial charge < -0.3 is 15.1 Å². The zero-order chi connectivity index (χ0) is 14.9. The van der Waals surface area contributed by atoms with Crippen LogP contribution in [0.25, 0.3) is 0 Å². The molecule has 0 bridgehead atoms. The smallest absolute Gasteiger partial charge is 0.248 e. The van der Waals surface area contributed by atoms with Crippen LogP contribution >= 0.6 is 0 Å². The third kappa shape index (κ3) is 2.82. The monoisotopic (exact) mass is 281 g/mol. The van der Waals surface area contributed by atoms with Gasteiger partial charge in [0.05, 0.1) is 0 Å². The van der Waals surface area contributed by atoms with Crippen molar-refractivity contribution in [1.82, 2.24) is 15.1 Å². The molecule has 2 aliphatic rings. The summed E-state index contributed by atoms with van der Waals surface area (Å²) in [6, 6.07) is -0.300. The molecule has 2 heterocycles. The minimum atomic E-state index is -0.772. The van der Waals surface area contributed by atoms with Gasteiger partial charge in [-0.2, -0.15) is 0 Å². The molecule has 0 aromatic rings. The molecule has 0 aliphatic carbocycles. The van der Waals surface area contributed by atoms with Gasteiger partial charge >= 0.3 is 0 Å². The Morgan fingerprint density at radius 1 is 1.30 bits per heavy atom. The van der Waals surface area contributed by atoms with Gasteiger partial charge in [-0.25, -0.2) is 0 Å². The number of hydrogen-bond acceptors (Lipinski definition) is 3. The molecule has 0 radical (unpaired) electrons. The Bertz CT molecular complexity index is 395. The molecule has 2 amide bonds. The average Bonchev–Trinajstić information content (AvgIpc) is 2.83. The summed E-state index contributed by atoms with van der Waals surface area (Å²) in [5, 5.41) is 2.84. The Morgan fingerprint density at radius 3 is 2.55 bits per heavy atom. The van der Waals surface area contributed by atoms with Gasteiger partial charge in [0.15, 0.2) is 0 Å². The van der Waals surface area contributed by atoms with Gasteiger partial charge in [-0.05, 0) is 45.7 Å². The third-order valence-corrected chi connectivity index (χ3v) is 4.57. The van der Waals surface area contributed by atoms with Crippen LogP contribution in [0, 0.1) is 5.92 Å². The van der Waals surface area contributed by atoms with Crippen molar-refractivity contribution >= 4 is 11.8 Å². The summed E-state index contributed by atoms with van der Waals surface area (Å²) >= 11 is 0. The molecule has 2 atom stereocenters. The highest BCUT2D eigenvalue weighted by Crippen LogP contribution is 2.24. The second-order valence-electron chi connectivity index (χ2n) is 6.54. The lowest BCUT2D eigenvalue weighted by molar-refractivity contribution is -0.154. The van der Waals surface area contributed by atoms with Gasteiger partial charge in [-0.15, -0.1) is 0 Å². The number of hydrogen-bond donors (Lipinski definition) is 1. The molecule has 114 valence electrons. The lowest BCUT2D eigenvalue weighted by Gasteiger charge is -2.43. The first kappa shape index (κ1) is 15.3. The van der Waals surface area contributed by atoms with Gasteiger partial charge in [0.25, 0.3) is 0 Å². The summed E-state index contributed by atoms with van der Waals surface area (Å²) in [5.41, 5.74) is -0.772. The number of piperazine rings is 1. The van der Waals surface area contributed by atoms with Crippen molar-refractivity contribution in [2.24, 2.45) is 5.92 Å². The van der Waals surface area contributed by atoms with Gasteiger partial charge in [0.2, 0.25) is 11.8 Å². The Kier molecular flexibility index (Phi) is 4.37. The van der Waals surface area contributed by atoms with Crippen LogP contribution in [0.2, 0.25) is 0 Å². The second kappa shape index (κ2) is 5.72. The Labute approximate surface area is 121 Å². The van der Waals surface area contributed by atoms with Crippen LogP contribution in [0.4, 0.5) is 0 Å². The van der Waals surface area contributed by atoms with Crippen molar-refractivity contribution in [3.8, 4) is 0 Å². The van der Waals surface area contributed by atoms with Crippen LogP contribution in [0.15, 0.2) is 0 Å². The maximum atomic E-state index is 12.6. The minimum Gasteiger partial charge on any atom is -0.340 e. The fraction of sp³-hybridized carbons (Fsp3) is 0.867. The number of likely N-dealkylation sites (tertiary alicyclic amines) is 1. The Hall–Kier alpha value is -1.10. The molecule has 1 N–H and O–H groups in total. The summed E-state index contributed by atoms with van der Waals surface area (Å²) < 4.78 is 0. The second-order valence-corrected chi connectivity index (χ2v) is 6.54. The van der Waals surface area contributed by atoms with E-state index in [1.807, 2.05) is 11.8 Å². The predicted octanol–water partition coefficient (Wildman–Crippen LogP) is 0.844. The molecule has 0 aromatic carbocycles. The average molecular weight is 281 g/mol. The number of carbonyl (C=O) groups is 2. The van der Waals surface area contributed by atoms with Crippen LogP contribution in [0.3, 0.4) is 0 Å². The fourth-order valence-electron chi connectivity index (χ4n) is 3.33. The van der Waals surface area contributed by atoms with Gasteiger partial charge in [-0.1, -0.05) is 13.8 Å². The SMILES string of the molecule is CCC1C(=O)NC(C)(C)C(=O)N1CC1CCN(CC)C1. The number of carbonyl (C=O) groups excluding carboxylic acids is 2. The summed E-state index contributed by atoms with van der Waals surface area (Å²) in [5.74, 6) is 0.538. The first-order chi connectivity index (χ1) is 9.39. The van der Waals surface area contributed by atoms with Crippen LogP contribution < -0.4 is 5.32 Å². The number of rotatable bonds is 4. The lowest BCUT2D eigenvalue weighted by Crippen LogP contribution is -2.68. The molecule has 0 saturated carbocycles. The molecule has 5 heteroatoms. The quantitative estimate of drug-likeness (QED) is 0.831. The molecule has 2 unspecified atom stereocenters. The molecule has 0 aromatic heterocycles. The summed E-state index contributed by atoms with van der Waals surface area (Å²) in [7, 11) is 0. The normalized spacial score (nSPS) is 30.7. The summed E-state index contributed by atoms with van der Waals surface area (Å²) in [6.07, 6.45) is 1.80. The maximum absolute atomic E-state index is 12.6. The summed E-state index contributed by atoms with van der Waals surface area (Å²) in [4.78, 5) is 29.0. The fourth-order valence-corrected chi connectivity index (χ4v) is 3.33. The predicted molar refractivity (Wildman–Crippen MR) is 78.2 cm³/mol. The zero-order valence-electron chi connectivity index (χ0n) is 13.1. The van der Waals surface area contributed by atoms with Gasteiger partial charge in [0.1, 0.15) is 11.6 Å². The van der Waals surface area contributed by atoms with E-state index < -0.39 is 5.54 Å². The van der Waals surface area contributed by atoms with Crippen molar-refractivity contribution in [3.05, 3.63) is 0 Å². The van der Waals surface area contributed by atoms with Crippen molar-refractivity contribution in [1.29, 1.82) is 0 Å². The molecule has 20 heavy (non-hydrogen) atoms. The molecular formula is C15H27N3O2. The van der Waals surface area contributed by atoms with E-state index in [2.05, 4.69) is 17.1 Å². The summed E-state index contributed by atoms with van der Waals surface area (Å²) in [6.45, 7) is 11.6. The van der Waals surface area contributed by atoms with E-state index >= 15 is 0 Å². The van der Waals surface area contributed by atoms with Crippen LogP contribution in [0.1, 0.15) is 40.5 Å². The minimum absolute atomic E-state index is 0.0116. The number of amides is 2. The maximum Gasteiger partial charge on any atom is 0.248 e. The van der Waals surface area contributed by atoms with Crippen LogP contribution in [0.5, 0.6) is 0 Å². The highest BCUT2D eigenvalue weighted by molar-refractivity contribution is 5.99. The van der Waals surface area contributed by atoms with Crippen molar-refractivity contribution in [2.45, 2.75) is 52.1 Å². The molecule has 0 spiro atoms.